The fourth-order valence-corrected chi connectivity index (χ4v) is 8.40. The fourth-order valence-electron chi connectivity index (χ4n) is 4.17. The smallest absolute Gasteiger partial charge is 0.322 e. The van der Waals surface area contributed by atoms with Gasteiger partial charge in [-0.15, -0.1) is 23.1 Å². The van der Waals surface area contributed by atoms with Crippen molar-refractivity contribution in [2.24, 2.45) is 0 Å². The highest BCUT2D eigenvalue weighted by molar-refractivity contribution is 8.03. The van der Waals surface area contributed by atoms with Gasteiger partial charge in [0.05, 0.1) is 5.88 Å². The number of piperazine rings is 1. The highest BCUT2D eigenvalue weighted by atomic mass is 35.5. The van der Waals surface area contributed by atoms with Crippen LogP contribution in [0.4, 0.5) is 4.79 Å². The van der Waals surface area contributed by atoms with E-state index in [2.05, 4.69) is 12.2 Å². The second kappa shape index (κ2) is 8.24. The normalized spacial score (nSPS) is 23.0. The van der Waals surface area contributed by atoms with Gasteiger partial charge in [0.1, 0.15) is 4.21 Å². The van der Waals surface area contributed by atoms with Gasteiger partial charge in [0.25, 0.3) is 10.0 Å². The largest absolute Gasteiger partial charge is 0.325 e. The summed E-state index contributed by atoms with van der Waals surface area (Å²) in [6.45, 7) is 4.33. The molecule has 1 fully saturated rings. The van der Waals surface area contributed by atoms with E-state index >= 15 is 0 Å². The first-order chi connectivity index (χ1) is 14.8. The molecular formula is C20H23ClN4O3S3. The molecule has 166 valence electrons. The number of nitrogens with zero attached hydrogens (tertiary/aromatic N) is 3. The van der Waals surface area contributed by atoms with Crippen molar-refractivity contribution in [3.8, 4) is 0 Å². The molecule has 0 bridgehead atoms. The molecule has 1 saturated heterocycles. The number of rotatable bonds is 2. The number of sulfonamides is 1. The first-order valence-corrected chi connectivity index (χ1v) is 13.8. The number of halogens is 1. The maximum absolute atomic E-state index is 13.2. The molecule has 1 N–H and O–H groups in total. The van der Waals surface area contributed by atoms with Gasteiger partial charge in [0, 0.05) is 65.5 Å². The van der Waals surface area contributed by atoms with E-state index in [9.17, 15) is 13.2 Å². The molecule has 1 aromatic carbocycles. The Bertz CT molecular complexity index is 1170. The average Bonchev–Trinajstić information content (AvgIpc) is 3.37. The number of thiophene rings is 1. The highest BCUT2D eigenvalue weighted by Gasteiger charge is 2.37. The molecule has 0 aliphatic carbocycles. The van der Waals surface area contributed by atoms with Crippen LogP contribution in [0.5, 0.6) is 0 Å². The molecule has 31 heavy (non-hydrogen) atoms. The number of carbonyl (C=O) groups is 1. The third-order valence-corrected chi connectivity index (χ3v) is 10.7. The first-order valence-electron chi connectivity index (χ1n) is 10.2. The average molecular weight is 499 g/mol. The maximum Gasteiger partial charge on any atom is 0.325 e. The number of fused-ring (bicyclic) bond motifs is 1. The Hall–Kier alpha value is -1.30. The van der Waals surface area contributed by atoms with Crippen LogP contribution in [-0.2, 0) is 10.0 Å². The molecule has 2 amide bonds. The molecule has 3 aliphatic heterocycles. The second-order valence-corrected chi connectivity index (χ2v) is 12.7. The minimum absolute atomic E-state index is 0.0137. The van der Waals surface area contributed by atoms with Gasteiger partial charge >= 0.3 is 6.03 Å². The lowest BCUT2D eigenvalue weighted by molar-refractivity contribution is 0.148. The quantitative estimate of drug-likeness (QED) is 0.685. The molecule has 11 heteroatoms. The lowest BCUT2D eigenvalue weighted by Crippen LogP contribution is -2.53. The summed E-state index contributed by atoms with van der Waals surface area (Å²) in [4.78, 5) is 18.0. The zero-order valence-corrected chi connectivity index (χ0v) is 20.2. The van der Waals surface area contributed by atoms with Crippen LogP contribution in [-0.4, -0.2) is 73.2 Å². The van der Waals surface area contributed by atoms with Gasteiger partial charge in [-0.1, -0.05) is 11.6 Å². The van der Waals surface area contributed by atoms with Gasteiger partial charge in [-0.25, -0.2) is 13.2 Å². The van der Waals surface area contributed by atoms with Crippen LogP contribution in [0.25, 0.3) is 10.1 Å². The predicted octanol–water partition coefficient (Wildman–Crippen LogP) is 3.58. The molecule has 3 aliphatic rings. The Morgan fingerprint density at radius 1 is 1.19 bits per heavy atom. The Balaban J connectivity index is 1.27. The van der Waals surface area contributed by atoms with Gasteiger partial charge < -0.3 is 10.2 Å². The van der Waals surface area contributed by atoms with Crippen molar-refractivity contribution in [2.45, 2.75) is 23.6 Å². The van der Waals surface area contributed by atoms with E-state index in [0.29, 0.717) is 47.3 Å². The van der Waals surface area contributed by atoms with Crippen LogP contribution in [0.1, 0.15) is 13.3 Å². The van der Waals surface area contributed by atoms with Crippen molar-refractivity contribution < 1.29 is 13.2 Å². The molecule has 4 heterocycles. The van der Waals surface area contributed by atoms with Crippen LogP contribution in [0, 0.1) is 0 Å². The minimum atomic E-state index is -3.60. The lowest BCUT2D eigenvalue weighted by atomic mass is 10.1. The topological polar surface area (TPSA) is 73.0 Å². The molecule has 0 radical (unpaired) electrons. The molecular weight excluding hydrogens is 476 g/mol. The van der Waals surface area contributed by atoms with Crippen molar-refractivity contribution in [3.63, 3.8) is 0 Å². The van der Waals surface area contributed by atoms with Crippen molar-refractivity contribution in [1.82, 2.24) is 19.4 Å². The zero-order valence-electron chi connectivity index (χ0n) is 17.0. The number of urea groups is 1. The summed E-state index contributed by atoms with van der Waals surface area (Å²) in [6.07, 6.45) is 0.846. The van der Waals surface area contributed by atoms with Gasteiger partial charge in [0.2, 0.25) is 0 Å². The first kappa shape index (κ1) is 21.5. The molecule has 2 aromatic rings. The van der Waals surface area contributed by atoms with Gasteiger partial charge in [0.15, 0.2) is 0 Å². The van der Waals surface area contributed by atoms with Crippen LogP contribution in [0.3, 0.4) is 0 Å². The molecule has 1 atom stereocenters. The maximum atomic E-state index is 13.2. The molecule has 0 saturated carbocycles. The van der Waals surface area contributed by atoms with Crippen LogP contribution in [0.15, 0.2) is 39.1 Å². The monoisotopic (exact) mass is 498 g/mol. The number of nitrogens with one attached hydrogen (secondary N) is 1. The van der Waals surface area contributed by atoms with E-state index < -0.39 is 10.0 Å². The lowest BCUT2D eigenvalue weighted by Gasteiger charge is -2.36. The van der Waals surface area contributed by atoms with E-state index in [1.54, 1.807) is 34.9 Å². The van der Waals surface area contributed by atoms with Crippen molar-refractivity contribution in [1.29, 1.82) is 0 Å². The summed E-state index contributed by atoms with van der Waals surface area (Å²) in [6, 6.07) is 7.41. The highest BCUT2D eigenvalue weighted by Crippen LogP contribution is 2.37. The van der Waals surface area contributed by atoms with E-state index in [4.69, 9.17) is 11.6 Å². The predicted molar refractivity (Wildman–Crippen MR) is 126 cm³/mol. The number of carbonyl (C=O) groups excluding carboxylic acids is 1. The Labute approximate surface area is 195 Å². The van der Waals surface area contributed by atoms with E-state index in [1.165, 1.54) is 20.5 Å². The number of hydrogen-bond acceptors (Lipinski definition) is 6. The number of amides is 2. The van der Waals surface area contributed by atoms with Gasteiger partial charge in [-0.05, 0) is 36.6 Å². The third-order valence-electron chi connectivity index (χ3n) is 5.92. The van der Waals surface area contributed by atoms with Crippen LogP contribution in [0.2, 0.25) is 5.02 Å². The Morgan fingerprint density at radius 2 is 1.97 bits per heavy atom. The molecule has 7 nitrogen and oxygen atoms in total. The standard InChI is InChI=1S/C20H23ClN4O3S3/c1-13-8-16-18(11-22-13)29-12-25(16)20(26)23-4-6-24(7-5-23)31(27,28)19-10-14-9-15(21)2-3-17(14)30-19/h2-3,9-10,13,22H,4-8,11-12H2,1H3. The number of hydrogen-bond donors (Lipinski definition) is 1. The summed E-state index contributed by atoms with van der Waals surface area (Å²) >= 11 is 9.01. The summed E-state index contributed by atoms with van der Waals surface area (Å²) in [5.74, 6) is 0.640. The Kier molecular flexibility index (Phi) is 5.72. The van der Waals surface area contributed by atoms with Crippen molar-refractivity contribution in [2.75, 3.05) is 38.6 Å². The van der Waals surface area contributed by atoms with E-state index in [1.807, 2.05) is 11.0 Å². The van der Waals surface area contributed by atoms with Crippen molar-refractivity contribution in [3.05, 3.63) is 39.9 Å². The Morgan fingerprint density at radius 3 is 2.74 bits per heavy atom. The summed E-state index contributed by atoms with van der Waals surface area (Å²) in [5.41, 5.74) is 1.13. The minimum Gasteiger partial charge on any atom is -0.322 e. The van der Waals surface area contributed by atoms with Crippen LogP contribution < -0.4 is 5.32 Å². The molecule has 5 rings (SSSR count). The second-order valence-electron chi connectivity index (χ2n) is 7.98. The third kappa shape index (κ3) is 3.98. The summed E-state index contributed by atoms with van der Waals surface area (Å²) in [5, 5.41) is 4.85. The SMILES string of the molecule is CC1CC2=C(CN1)SCN2C(=O)N1CCN(S(=O)(=O)c2cc3cc(Cl)ccc3s2)CC1. The van der Waals surface area contributed by atoms with Gasteiger partial charge in [-0.3, -0.25) is 4.90 Å². The molecule has 1 aromatic heterocycles. The van der Waals surface area contributed by atoms with E-state index in [0.717, 1.165) is 28.7 Å². The van der Waals surface area contributed by atoms with E-state index in [-0.39, 0.29) is 6.03 Å². The number of thioether (sulfide) groups is 1. The zero-order chi connectivity index (χ0) is 21.8. The number of benzene rings is 1. The molecule has 1 unspecified atom stereocenters. The summed E-state index contributed by atoms with van der Waals surface area (Å²) < 4.78 is 29.0. The van der Waals surface area contributed by atoms with Crippen molar-refractivity contribution >= 4 is 60.8 Å². The fraction of sp³-hybridized carbons (Fsp3) is 0.450. The summed E-state index contributed by atoms with van der Waals surface area (Å²) in [7, 11) is -3.60. The molecule has 0 spiro atoms. The van der Waals surface area contributed by atoms with Gasteiger partial charge in [-0.2, -0.15) is 4.31 Å². The van der Waals surface area contributed by atoms with Crippen LogP contribution >= 0.6 is 34.7 Å².